The van der Waals surface area contributed by atoms with Gasteiger partial charge in [-0.3, -0.25) is 0 Å². The van der Waals surface area contributed by atoms with Gasteiger partial charge < -0.3 is 4.57 Å². The summed E-state index contributed by atoms with van der Waals surface area (Å²) in [7, 11) is -0.995. The van der Waals surface area contributed by atoms with Crippen LogP contribution < -0.4 is 0 Å². The van der Waals surface area contributed by atoms with E-state index in [1.165, 1.54) is 38.3 Å². The van der Waals surface area contributed by atoms with Crippen molar-refractivity contribution in [1.82, 2.24) is 4.57 Å². The lowest BCUT2D eigenvalue weighted by Gasteiger charge is -2.47. The van der Waals surface area contributed by atoms with Gasteiger partial charge in [0.05, 0.1) is 0 Å². The average Bonchev–Trinajstić information content (AvgIpc) is 2.59. The molecule has 2 bridgehead atoms. The largest absolute Gasteiger partial charge is 0.320 e. The number of nitrogens with zero attached hydrogens (tertiary/aromatic N) is 1. The molecule has 0 spiro atoms. The molecule has 4 rings (SSSR count). The molecule has 2 fully saturated rings. The molecule has 0 amide bonds. The number of rotatable bonds is 1. The first-order valence-corrected chi connectivity index (χ1v) is 9.77. The van der Waals surface area contributed by atoms with Gasteiger partial charge in [-0.05, 0) is 50.1 Å². The third kappa shape index (κ3) is 1.62. The Hall–Kier alpha value is -0.0831. The maximum atomic E-state index is 2.95. The molecule has 3 unspecified atom stereocenters. The molecule has 3 atom stereocenters. The van der Waals surface area contributed by atoms with Crippen molar-refractivity contribution in [3.05, 3.63) is 12.2 Å². The Bertz CT molecular complexity index is 284. The normalized spacial score (nSPS) is 43.7. The van der Waals surface area contributed by atoms with E-state index in [1.54, 1.807) is 0 Å². The summed E-state index contributed by atoms with van der Waals surface area (Å²) in [6.07, 6.45) is 10.9. The molecule has 0 aromatic heterocycles. The molecule has 1 heterocycles. The fraction of sp³-hybridized carbons (Fsp3) is 0.846. The van der Waals surface area contributed by atoms with E-state index in [-0.39, 0.29) is 0 Å². The number of allylic oxidation sites excluding steroid dienone is 1. The van der Waals surface area contributed by atoms with E-state index in [1.807, 2.05) is 0 Å². The van der Waals surface area contributed by atoms with Gasteiger partial charge in [0.25, 0.3) is 0 Å². The van der Waals surface area contributed by atoms with Crippen LogP contribution in [-0.4, -0.2) is 25.4 Å². The Labute approximate surface area is 94.6 Å². The highest BCUT2D eigenvalue weighted by Gasteiger charge is 2.43. The predicted molar refractivity (Wildman–Crippen MR) is 67.4 cm³/mol. The van der Waals surface area contributed by atoms with Gasteiger partial charge in [-0.2, -0.15) is 0 Å². The monoisotopic (exact) mass is 221 g/mol. The van der Waals surface area contributed by atoms with E-state index in [0.29, 0.717) is 0 Å². The van der Waals surface area contributed by atoms with Crippen molar-refractivity contribution in [2.75, 3.05) is 6.54 Å². The minimum absolute atomic E-state index is 0.903. The van der Waals surface area contributed by atoms with Gasteiger partial charge in [-0.25, -0.2) is 0 Å². The Kier molecular flexibility index (Phi) is 2.33. The molecule has 0 N–H and O–H groups in total. The van der Waals surface area contributed by atoms with Crippen molar-refractivity contribution in [3.63, 3.8) is 0 Å². The molecule has 84 valence electrons. The lowest BCUT2D eigenvalue weighted by molar-refractivity contribution is 0.171. The highest BCUT2D eigenvalue weighted by atomic mass is 28.3. The van der Waals surface area contributed by atoms with E-state index in [0.717, 1.165) is 17.9 Å². The molecule has 0 radical (unpaired) electrons. The van der Waals surface area contributed by atoms with Crippen molar-refractivity contribution in [1.29, 1.82) is 0 Å². The summed E-state index contributed by atoms with van der Waals surface area (Å²) in [5, 5.41) is 0. The minimum atomic E-state index is -0.995. The summed E-state index contributed by atoms with van der Waals surface area (Å²) in [6.45, 7) is 6.55. The summed E-state index contributed by atoms with van der Waals surface area (Å²) in [5.74, 6) is 1.82. The highest BCUT2D eigenvalue weighted by molar-refractivity contribution is 6.75. The second-order valence-corrected chi connectivity index (χ2v) is 11.0. The zero-order valence-corrected chi connectivity index (χ0v) is 11.1. The zero-order chi connectivity index (χ0) is 10.5. The third-order valence-corrected chi connectivity index (χ3v) is 8.59. The van der Waals surface area contributed by atoms with Gasteiger partial charge in [0.2, 0.25) is 0 Å². The van der Waals surface area contributed by atoms with Crippen molar-refractivity contribution in [2.24, 2.45) is 11.8 Å². The van der Waals surface area contributed by atoms with E-state index in [4.69, 9.17) is 0 Å². The second kappa shape index (κ2) is 3.46. The van der Waals surface area contributed by atoms with E-state index < -0.39 is 8.24 Å². The molecular weight excluding hydrogens is 198 g/mol. The van der Waals surface area contributed by atoms with E-state index in [9.17, 15) is 0 Å². The summed E-state index contributed by atoms with van der Waals surface area (Å²) in [5.41, 5.74) is 0. The van der Waals surface area contributed by atoms with Crippen LogP contribution >= 0.6 is 0 Å². The average molecular weight is 221 g/mol. The molecule has 4 aliphatic rings. The van der Waals surface area contributed by atoms with Crippen LogP contribution in [0, 0.1) is 11.8 Å². The third-order valence-electron chi connectivity index (χ3n) is 4.91. The molecule has 1 nitrogen and oxygen atoms in total. The minimum Gasteiger partial charge on any atom is -0.320 e. The van der Waals surface area contributed by atoms with Crippen LogP contribution in [-0.2, 0) is 0 Å². The van der Waals surface area contributed by atoms with E-state index >= 15 is 0 Å². The lowest BCUT2D eigenvalue weighted by atomic mass is 9.73. The van der Waals surface area contributed by atoms with Crippen LogP contribution in [0.2, 0.25) is 19.1 Å². The van der Waals surface area contributed by atoms with Gasteiger partial charge in [-0.15, -0.1) is 0 Å². The maximum Gasteiger partial charge on any atom is 0.122 e. The Morgan fingerprint density at radius 1 is 1.20 bits per heavy atom. The van der Waals surface area contributed by atoms with Gasteiger partial charge in [0.15, 0.2) is 0 Å². The fourth-order valence-electron chi connectivity index (χ4n) is 4.00. The number of fused-ring (bicyclic) bond motifs is 2. The predicted octanol–water partition coefficient (Wildman–Crippen LogP) is 3.25. The smallest absolute Gasteiger partial charge is 0.122 e. The van der Waals surface area contributed by atoms with Gasteiger partial charge >= 0.3 is 0 Å². The van der Waals surface area contributed by atoms with Crippen LogP contribution in [0.25, 0.3) is 0 Å². The molecule has 2 heteroatoms. The molecular formula is C13H23NSi. The maximum absolute atomic E-state index is 2.95. The lowest BCUT2D eigenvalue weighted by Crippen LogP contribution is -2.54. The van der Waals surface area contributed by atoms with Crippen molar-refractivity contribution < 1.29 is 0 Å². The first-order chi connectivity index (χ1) is 7.17. The van der Waals surface area contributed by atoms with Crippen LogP contribution in [0.4, 0.5) is 0 Å². The first kappa shape index (κ1) is 10.1. The molecule has 1 saturated carbocycles. The quantitative estimate of drug-likeness (QED) is 0.485. The topological polar surface area (TPSA) is 3.24 Å². The summed E-state index contributed by atoms with van der Waals surface area (Å²) in [4.78, 5) is 0. The van der Waals surface area contributed by atoms with Crippen molar-refractivity contribution in [2.45, 2.75) is 50.9 Å². The zero-order valence-electron chi connectivity index (χ0n) is 10.1. The second-order valence-electron chi connectivity index (χ2n) is 6.30. The van der Waals surface area contributed by atoms with Gasteiger partial charge in [0, 0.05) is 6.04 Å². The molecule has 0 aromatic carbocycles. The highest BCUT2D eigenvalue weighted by Crippen LogP contribution is 2.42. The SMILES string of the molecule is C[Si]1(C)CCCN1C1CC2C=CC1CC2. The van der Waals surface area contributed by atoms with Gasteiger partial charge in [0.1, 0.15) is 8.24 Å². The van der Waals surface area contributed by atoms with Crippen molar-refractivity contribution >= 4 is 8.24 Å². The Morgan fingerprint density at radius 2 is 2.07 bits per heavy atom. The first-order valence-electron chi connectivity index (χ1n) is 6.62. The van der Waals surface area contributed by atoms with Crippen molar-refractivity contribution in [3.8, 4) is 0 Å². The van der Waals surface area contributed by atoms with Crippen LogP contribution in [0.3, 0.4) is 0 Å². The molecule has 0 aromatic rings. The molecule has 15 heavy (non-hydrogen) atoms. The molecule has 3 aliphatic carbocycles. The van der Waals surface area contributed by atoms with Crippen LogP contribution in [0.15, 0.2) is 12.2 Å². The standard InChI is InChI=1S/C13H23NSi/c1-15(2)9-3-8-14(15)13-10-11-4-6-12(13)7-5-11/h4,6,11-13H,3,5,7-10H2,1-2H3. The Balaban J connectivity index is 1.81. The number of hydrogen-bond donors (Lipinski definition) is 0. The molecule has 1 saturated heterocycles. The molecule has 1 aliphatic heterocycles. The van der Waals surface area contributed by atoms with Crippen LogP contribution in [0.5, 0.6) is 0 Å². The van der Waals surface area contributed by atoms with E-state index in [2.05, 4.69) is 29.8 Å². The fourth-order valence-corrected chi connectivity index (χ4v) is 7.27. The number of hydrogen-bond acceptors (Lipinski definition) is 1. The summed E-state index contributed by atoms with van der Waals surface area (Å²) >= 11 is 0. The van der Waals surface area contributed by atoms with Gasteiger partial charge in [-0.1, -0.05) is 25.2 Å². The summed E-state index contributed by atoms with van der Waals surface area (Å²) in [6, 6.07) is 2.46. The van der Waals surface area contributed by atoms with Crippen LogP contribution in [0.1, 0.15) is 25.7 Å². The summed E-state index contributed by atoms with van der Waals surface area (Å²) < 4.78 is 2.95. The Morgan fingerprint density at radius 3 is 2.53 bits per heavy atom.